The van der Waals surface area contributed by atoms with Gasteiger partial charge in [0, 0.05) is 24.0 Å². The summed E-state index contributed by atoms with van der Waals surface area (Å²) in [5.74, 6) is -0.168. The van der Waals surface area contributed by atoms with E-state index in [1.165, 1.54) is 0 Å². The summed E-state index contributed by atoms with van der Waals surface area (Å²) in [6, 6.07) is 2.01. The van der Waals surface area contributed by atoms with E-state index in [2.05, 4.69) is 21.8 Å². The van der Waals surface area contributed by atoms with E-state index in [4.69, 9.17) is 0 Å². The van der Waals surface area contributed by atoms with E-state index in [-0.39, 0.29) is 35.5 Å². The number of amides is 2. The van der Waals surface area contributed by atoms with E-state index in [1.807, 2.05) is 27.0 Å². The smallest absolute Gasteiger partial charge is 0.254 e. The summed E-state index contributed by atoms with van der Waals surface area (Å²) in [6.45, 7) is 4.02. The van der Waals surface area contributed by atoms with E-state index in [0.29, 0.717) is 0 Å². The molecule has 1 saturated heterocycles. The maximum atomic E-state index is 12.5. The molecule has 0 radical (unpaired) electrons. The summed E-state index contributed by atoms with van der Waals surface area (Å²) in [6.07, 6.45) is 6.76. The minimum absolute atomic E-state index is 0.131. The highest BCUT2D eigenvalue weighted by atomic mass is 16.2. The van der Waals surface area contributed by atoms with E-state index >= 15 is 0 Å². The van der Waals surface area contributed by atoms with Crippen LogP contribution in [0.5, 0.6) is 0 Å². The SMILES string of the molecule is Cc1cc(C=NN2C(=O)[C@@H]3[C@H](C2=O)[C@H]2C=C[C@H]3C2)c(C)n1C. The Hall–Kier alpha value is -2.17. The van der Waals surface area contributed by atoms with Crippen LogP contribution in [0.1, 0.15) is 23.4 Å². The van der Waals surface area contributed by atoms with Crippen LogP contribution in [0.2, 0.25) is 0 Å². The second kappa shape index (κ2) is 4.41. The zero-order valence-electron chi connectivity index (χ0n) is 13.0. The summed E-state index contributed by atoms with van der Waals surface area (Å²) in [4.78, 5) is 25.0. The molecular formula is C17H19N3O2. The summed E-state index contributed by atoms with van der Waals surface area (Å²) >= 11 is 0. The maximum Gasteiger partial charge on any atom is 0.254 e. The van der Waals surface area contributed by atoms with Gasteiger partial charge in [-0.1, -0.05) is 12.2 Å². The molecule has 4 atom stereocenters. The minimum Gasteiger partial charge on any atom is -0.352 e. The Balaban J connectivity index is 1.62. The predicted molar refractivity (Wildman–Crippen MR) is 82.1 cm³/mol. The van der Waals surface area contributed by atoms with Crippen LogP contribution in [0.4, 0.5) is 0 Å². The Morgan fingerprint density at radius 3 is 2.23 bits per heavy atom. The Morgan fingerprint density at radius 1 is 1.14 bits per heavy atom. The number of carbonyl (C=O) groups excluding carboxylic acids is 2. The van der Waals surface area contributed by atoms with Crippen molar-refractivity contribution < 1.29 is 9.59 Å². The summed E-state index contributed by atoms with van der Waals surface area (Å²) in [5.41, 5.74) is 3.14. The number of fused-ring (bicyclic) bond motifs is 5. The number of allylic oxidation sites excluding steroid dienone is 2. The standard InChI is InChI=1S/C17H19N3O2/c1-9-6-13(10(2)19(9)3)8-18-20-16(21)14-11-4-5-12(7-11)15(14)17(20)22/h4-6,8,11-12,14-15H,7H2,1-3H3/t11-,12-,14-,15+/m0/s1. The van der Waals surface area contributed by atoms with Gasteiger partial charge in [-0.15, -0.1) is 0 Å². The van der Waals surface area contributed by atoms with E-state index in [1.54, 1.807) is 6.21 Å². The van der Waals surface area contributed by atoms with Gasteiger partial charge in [0.25, 0.3) is 11.8 Å². The average Bonchev–Trinajstić information content (AvgIpc) is 3.21. The molecule has 0 spiro atoms. The summed E-state index contributed by atoms with van der Waals surface area (Å²) < 4.78 is 2.06. The average molecular weight is 297 g/mol. The van der Waals surface area contributed by atoms with E-state index < -0.39 is 0 Å². The van der Waals surface area contributed by atoms with Gasteiger partial charge in [-0.3, -0.25) is 9.59 Å². The molecule has 2 bridgehead atoms. The van der Waals surface area contributed by atoms with Crippen molar-refractivity contribution in [3.8, 4) is 0 Å². The molecule has 0 N–H and O–H groups in total. The Morgan fingerprint density at radius 2 is 1.73 bits per heavy atom. The lowest BCUT2D eigenvalue weighted by Crippen LogP contribution is -2.28. The molecule has 22 heavy (non-hydrogen) atoms. The van der Waals surface area contributed by atoms with Crippen LogP contribution in [0.3, 0.4) is 0 Å². The van der Waals surface area contributed by atoms with Crippen molar-refractivity contribution in [3.05, 3.63) is 35.2 Å². The molecule has 5 nitrogen and oxygen atoms in total. The van der Waals surface area contributed by atoms with Gasteiger partial charge in [-0.05, 0) is 38.2 Å². The third-order valence-corrected chi connectivity index (χ3v) is 5.57. The van der Waals surface area contributed by atoms with Gasteiger partial charge in [0.2, 0.25) is 0 Å². The number of hydrogen-bond acceptors (Lipinski definition) is 3. The fraction of sp³-hybridized carbons (Fsp3) is 0.471. The maximum absolute atomic E-state index is 12.5. The third kappa shape index (κ3) is 1.62. The van der Waals surface area contributed by atoms with Crippen LogP contribution in [-0.2, 0) is 16.6 Å². The second-order valence-corrected chi connectivity index (χ2v) is 6.62. The molecular weight excluding hydrogens is 278 g/mol. The van der Waals surface area contributed by atoms with Crippen LogP contribution in [0, 0.1) is 37.5 Å². The first kappa shape index (κ1) is 13.5. The lowest BCUT2D eigenvalue weighted by molar-refractivity contribution is -0.140. The van der Waals surface area contributed by atoms with E-state index in [9.17, 15) is 9.59 Å². The fourth-order valence-corrected chi connectivity index (χ4v) is 4.14. The number of hydrazone groups is 1. The van der Waals surface area contributed by atoms with Gasteiger partial charge >= 0.3 is 0 Å². The van der Waals surface area contributed by atoms with Gasteiger partial charge in [-0.25, -0.2) is 0 Å². The van der Waals surface area contributed by atoms with Crippen molar-refractivity contribution in [2.45, 2.75) is 20.3 Å². The van der Waals surface area contributed by atoms with Gasteiger partial charge in [0.1, 0.15) is 0 Å². The molecule has 0 unspecified atom stereocenters. The lowest BCUT2D eigenvalue weighted by atomic mass is 9.85. The molecule has 1 aliphatic heterocycles. The normalized spacial score (nSPS) is 32.8. The molecule has 4 rings (SSSR count). The zero-order chi connectivity index (χ0) is 15.6. The highest BCUT2D eigenvalue weighted by molar-refractivity contribution is 6.06. The van der Waals surface area contributed by atoms with Gasteiger partial charge < -0.3 is 4.57 Å². The second-order valence-electron chi connectivity index (χ2n) is 6.62. The quantitative estimate of drug-likeness (QED) is 0.475. The Labute approximate surface area is 129 Å². The third-order valence-electron chi connectivity index (χ3n) is 5.57. The number of carbonyl (C=O) groups is 2. The predicted octanol–water partition coefficient (Wildman–Crippen LogP) is 1.78. The molecule has 1 aromatic rings. The largest absolute Gasteiger partial charge is 0.352 e. The summed E-state index contributed by atoms with van der Waals surface area (Å²) in [5, 5.41) is 5.32. The molecule has 1 aromatic heterocycles. The number of nitrogens with zero attached hydrogens (tertiary/aromatic N) is 3. The molecule has 3 aliphatic rings. The van der Waals surface area contributed by atoms with Crippen molar-refractivity contribution in [3.63, 3.8) is 0 Å². The van der Waals surface area contributed by atoms with Crippen molar-refractivity contribution in [2.24, 2.45) is 35.8 Å². The first-order valence-electron chi connectivity index (χ1n) is 7.72. The number of aryl methyl sites for hydroxylation is 1. The van der Waals surface area contributed by atoms with Crippen LogP contribution < -0.4 is 0 Å². The van der Waals surface area contributed by atoms with Gasteiger partial charge in [0.15, 0.2) is 0 Å². The zero-order valence-corrected chi connectivity index (χ0v) is 13.0. The first-order valence-corrected chi connectivity index (χ1v) is 7.72. The van der Waals surface area contributed by atoms with Crippen molar-refractivity contribution in [1.29, 1.82) is 0 Å². The van der Waals surface area contributed by atoms with Crippen LogP contribution >= 0.6 is 0 Å². The van der Waals surface area contributed by atoms with Crippen molar-refractivity contribution >= 4 is 18.0 Å². The van der Waals surface area contributed by atoms with Crippen LogP contribution in [0.15, 0.2) is 23.3 Å². The van der Waals surface area contributed by atoms with Crippen LogP contribution in [-0.4, -0.2) is 27.6 Å². The van der Waals surface area contributed by atoms with Gasteiger partial charge in [-0.2, -0.15) is 10.1 Å². The van der Waals surface area contributed by atoms with Crippen molar-refractivity contribution in [2.75, 3.05) is 0 Å². The number of hydrogen-bond donors (Lipinski definition) is 0. The molecule has 0 aromatic carbocycles. The molecule has 5 heteroatoms. The highest BCUT2D eigenvalue weighted by Crippen LogP contribution is 2.52. The molecule has 1 saturated carbocycles. The molecule has 2 aliphatic carbocycles. The Kier molecular flexibility index (Phi) is 2.71. The molecule has 114 valence electrons. The number of aromatic nitrogens is 1. The fourth-order valence-electron chi connectivity index (χ4n) is 4.14. The van der Waals surface area contributed by atoms with E-state index in [0.717, 1.165) is 28.4 Å². The topological polar surface area (TPSA) is 54.7 Å². The molecule has 2 amide bonds. The number of rotatable bonds is 2. The first-order chi connectivity index (χ1) is 10.5. The lowest BCUT2D eigenvalue weighted by Gasteiger charge is -2.13. The number of imide groups is 1. The monoisotopic (exact) mass is 297 g/mol. The highest BCUT2D eigenvalue weighted by Gasteiger charge is 2.59. The minimum atomic E-state index is -0.182. The van der Waals surface area contributed by atoms with Crippen LogP contribution in [0.25, 0.3) is 0 Å². The molecule has 2 fully saturated rings. The van der Waals surface area contributed by atoms with Gasteiger partial charge in [0.05, 0.1) is 18.1 Å². The summed E-state index contributed by atoms with van der Waals surface area (Å²) in [7, 11) is 1.99. The Bertz CT molecular complexity index is 713. The van der Waals surface area contributed by atoms with Crippen molar-refractivity contribution in [1.82, 2.24) is 9.58 Å². The molecule has 2 heterocycles.